The van der Waals surface area contributed by atoms with Crippen molar-refractivity contribution < 1.29 is 9.53 Å². The van der Waals surface area contributed by atoms with E-state index in [1.165, 1.54) is 0 Å². The molecule has 1 amide bonds. The van der Waals surface area contributed by atoms with Crippen molar-refractivity contribution in [2.24, 2.45) is 0 Å². The van der Waals surface area contributed by atoms with E-state index in [0.717, 1.165) is 21.5 Å². The van der Waals surface area contributed by atoms with Crippen molar-refractivity contribution >= 4 is 27.5 Å². The molecule has 0 bridgehead atoms. The van der Waals surface area contributed by atoms with Crippen LogP contribution in [0.1, 0.15) is 38.1 Å². The van der Waals surface area contributed by atoms with Crippen LogP contribution >= 0.6 is 15.9 Å². The Balaban J connectivity index is 1.64. The number of aromatic nitrogens is 2. The molecule has 28 heavy (non-hydrogen) atoms. The first-order valence-corrected chi connectivity index (χ1v) is 10.0. The summed E-state index contributed by atoms with van der Waals surface area (Å²) in [6, 6.07) is 15.3. The Labute approximate surface area is 173 Å². The molecule has 5 nitrogen and oxygen atoms in total. The maximum Gasteiger partial charge on any atom is 0.265 e. The van der Waals surface area contributed by atoms with E-state index in [2.05, 4.69) is 44.6 Å². The predicted molar refractivity (Wildman–Crippen MR) is 115 cm³/mol. The molecule has 0 aliphatic rings. The third kappa shape index (κ3) is 5.23. The lowest BCUT2D eigenvalue weighted by molar-refractivity contribution is -0.122. The SMILES string of the molecule is CC(Oc1ccc(Br)cc1)C(=O)Nc1cccc(Cn2ccnc2C(C)C)c1. The fraction of sp³-hybridized carbons (Fsp3) is 0.273. The minimum Gasteiger partial charge on any atom is -0.481 e. The minimum atomic E-state index is -0.606. The topological polar surface area (TPSA) is 56.1 Å². The summed E-state index contributed by atoms with van der Waals surface area (Å²) in [5, 5.41) is 2.93. The molecule has 1 aromatic heterocycles. The van der Waals surface area contributed by atoms with Crippen molar-refractivity contribution in [1.29, 1.82) is 0 Å². The van der Waals surface area contributed by atoms with Crippen molar-refractivity contribution in [2.45, 2.75) is 39.3 Å². The van der Waals surface area contributed by atoms with E-state index < -0.39 is 6.10 Å². The Morgan fingerprint density at radius 1 is 1.18 bits per heavy atom. The molecule has 0 radical (unpaired) electrons. The van der Waals surface area contributed by atoms with Crippen LogP contribution in [0.4, 0.5) is 5.69 Å². The highest BCUT2D eigenvalue weighted by Gasteiger charge is 2.15. The van der Waals surface area contributed by atoms with Crippen molar-refractivity contribution in [1.82, 2.24) is 9.55 Å². The first-order valence-electron chi connectivity index (χ1n) is 9.25. The molecule has 6 heteroatoms. The zero-order valence-corrected chi connectivity index (χ0v) is 17.8. The molecule has 3 rings (SSSR count). The van der Waals surface area contributed by atoms with Gasteiger partial charge in [-0.15, -0.1) is 0 Å². The van der Waals surface area contributed by atoms with Crippen molar-refractivity contribution in [2.75, 3.05) is 5.32 Å². The zero-order valence-electron chi connectivity index (χ0n) is 16.2. The summed E-state index contributed by atoms with van der Waals surface area (Å²) in [4.78, 5) is 16.9. The van der Waals surface area contributed by atoms with Gasteiger partial charge in [-0.3, -0.25) is 4.79 Å². The molecule has 1 unspecified atom stereocenters. The molecule has 0 saturated heterocycles. The number of amides is 1. The molecular formula is C22H24BrN3O2. The van der Waals surface area contributed by atoms with Crippen LogP contribution in [-0.4, -0.2) is 21.6 Å². The number of rotatable bonds is 7. The average molecular weight is 442 g/mol. The van der Waals surface area contributed by atoms with Crippen LogP contribution in [-0.2, 0) is 11.3 Å². The number of hydrogen-bond acceptors (Lipinski definition) is 3. The molecule has 0 aliphatic carbocycles. The molecule has 0 spiro atoms. The van der Waals surface area contributed by atoms with Gasteiger partial charge in [-0.2, -0.15) is 0 Å². The first-order chi connectivity index (χ1) is 13.4. The van der Waals surface area contributed by atoms with Gasteiger partial charge in [0.2, 0.25) is 0 Å². The Hall–Kier alpha value is -2.60. The van der Waals surface area contributed by atoms with Crippen LogP contribution in [0.5, 0.6) is 5.75 Å². The summed E-state index contributed by atoms with van der Waals surface area (Å²) in [7, 11) is 0. The van der Waals surface area contributed by atoms with Gasteiger partial charge in [-0.25, -0.2) is 4.98 Å². The van der Waals surface area contributed by atoms with Crippen molar-refractivity contribution in [3.05, 3.63) is 76.8 Å². The largest absolute Gasteiger partial charge is 0.481 e. The van der Waals surface area contributed by atoms with Crippen molar-refractivity contribution in [3.63, 3.8) is 0 Å². The first kappa shape index (κ1) is 20.1. The molecule has 0 fully saturated rings. The number of carbonyl (C=O) groups excluding carboxylic acids is 1. The van der Waals surface area contributed by atoms with Gasteiger partial charge in [0.1, 0.15) is 11.6 Å². The van der Waals surface area contributed by atoms with Gasteiger partial charge in [0.25, 0.3) is 5.91 Å². The van der Waals surface area contributed by atoms with Crippen molar-refractivity contribution in [3.8, 4) is 5.75 Å². The molecule has 146 valence electrons. The highest BCUT2D eigenvalue weighted by Crippen LogP contribution is 2.19. The zero-order chi connectivity index (χ0) is 20.1. The number of carbonyl (C=O) groups is 1. The smallest absolute Gasteiger partial charge is 0.265 e. The third-order valence-corrected chi connectivity index (χ3v) is 4.84. The fourth-order valence-electron chi connectivity index (χ4n) is 2.91. The summed E-state index contributed by atoms with van der Waals surface area (Å²) < 4.78 is 8.81. The molecule has 0 saturated carbocycles. The Bertz CT molecular complexity index is 935. The summed E-state index contributed by atoms with van der Waals surface area (Å²) in [5.74, 6) is 1.87. The number of hydrogen-bond donors (Lipinski definition) is 1. The molecule has 2 aromatic carbocycles. The highest BCUT2D eigenvalue weighted by atomic mass is 79.9. The van der Waals surface area contributed by atoms with Gasteiger partial charge in [-0.1, -0.05) is 41.9 Å². The van der Waals surface area contributed by atoms with Gasteiger partial charge in [0.05, 0.1) is 0 Å². The van der Waals surface area contributed by atoms with E-state index >= 15 is 0 Å². The molecule has 1 N–H and O–H groups in total. The number of nitrogens with zero attached hydrogens (tertiary/aromatic N) is 2. The van der Waals surface area contributed by atoms with Crippen LogP contribution in [0, 0.1) is 0 Å². The van der Waals surface area contributed by atoms with Gasteiger partial charge in [0, 0.05) is 35.0 Å². The maximum absolute atomic E-state index is 12.5. The van der Waals surface area contributed by atoms with Crippen LogP contribution in [0.15, 0.2) is 65.4 Å². The van der Waals surface area contributed by atoms with E-state index in [1.807, 2.05) is 60.9 Å². The second-order valence-electron chi connectivity index (χ2n) is 6.97. The van der Waals surface area contributed by atoms with Gasteiger partial charge in [0.15, 0.2) is 6.10 Å². The molecule has 1 heterocycles. The van der Waals surface area contributed by atoms with Gasteiger partial charge >= 0.3 is 0 Å². The van der Waals surface area contributed by atoms with E-state index in [1.54, 1.807) is 6.92 Å². The van der Waals surface area contributed by atoms with Crippen LogP contribution in [0.2, 0.25) is 0 Å². The quantitative estimate of drug-likeness (QED) is 0.546. The van der Waals surface area contributed by atoms with Crippen LogP contribution in [0.25, 0.3) is 0 Å². The number of halogens is 1. The fourth-order valence-corrected chi connectivity index (χ4v) is 3.18. The number of benzene rings is 2. The van der Waals surface area contributed by atoms with E-state index in [0.29, 0.717) is 18.2 Å². The summed E-state index contributed by atoms with van der Waals surface area (Å²) in [5.41, 5.74) is 1.85. The summed E-state index contributed by atoms with van der Waals surface area (Å²) in [6.45, 7) is 6.70. The summed E-state index contributed by atoms with van der Waals surface area (Å²) in [6.07, 6.45) is 3.20. The highest BCUT2D eigenvalue weighted by molar-refractivity contribution is 9.10. The summed E-state index contributed by atoms with van der Waals surface area (Å²) >= 11 is 3.38. The van der Waals surface area contributed by atoms with Gasteiger partial charge in [-0.05, 0) is 48.9 Å². The molecule has 3 aromatic rings. The lowest BCUT2D eigenvalue weighted by Crippen LogP contribution is -2.30. The van der Waals surface area contributed by atoms with Crippen LogP contribution < -0.4 is 10.1 Å². The van der Waals surface area contributed by atoms with Gasteiger partial charge < -0.3 is 14.6 Å². The number of anilines is 1. The van der Waals surface area contributed by atoms with Crippen LogP contribution in [0.3, 0.4) is 0 Å². The monoisotopic (exact) mass is 441 g/mol. The Kier molecular flexibility index (Phi) is 6.52. The lowest BCUT2D eigenvalue weighted by atomic mass is 10.1. The molecule has 1 atom stereocenters. The maximum atomic E-state index is 12.5. The van der Waals surface area contributed by atoms with E-state index in [-0.39, 0.29) is 5.91 Å². The van der Waals surface area contributed by atoms with E-state index in [9.17, 15) is 4.79 Å². The number of imidazole rings is 1. The predicted octanol–water partition coefficient (Wildman–Crippen LogP) is 5.22. The second-order valence-corrected chi connectivity index (χ2v) is 7.89. The molecular weight excluding hydrogens is 418 g/mol. The standard InChI is InChI=1S/C22H24BrN3O2/c1-15(2)21-24-11-12-26(21)14-17-5-4-6-19(13-17)25-22(27)16(3)28-20-9-7-18(23)8-10-20/h4-13,15-16H,14H2,1-3H3,(H,25,27). The lowest BCUT2D eigenvalue weighted by Gasteiger charge is -2.16. The number of ether oxygens (including phenoxy) is 1. The minimum absolute atomic E-state index is 0.189. The second kappa shape index (κ2) is 9.06. The Morgan fingerprint density at radius 2 is 1.93 bits per heavy atom. The molecule has 0 aliphatic heterocycles. The number of nitrogens with one attached hydrogen (secondary N) is 1. The normalized spacial score (nSPS) is 12.0. The third-order valence-electron chi connectivity index (χ3n) is 4.31. The Morgan fingerprint density at radius 3 is 2.64 bits per heavy atom. The van der Waals surface area contributed by atoms with E-state index in [4.69, 9.17) is 4.74 Å². The average Bonchev–Trinajstić information content (AvgIpc) is 3.12.